The van der Waals surface area contributed by atoms with Crippen molar-refractivity contribution in [2.45, 2.75) is 6.92 Å². The molecular formula is C11H8BrN3O. The van der Waals surface area contributed by atoms with E-state index < -0.39 is 0 Å². The number of ether oxygens (including phenoxy) is 1. The normalized spacial score (nSPS) is 9.81. The lowest BCUT2D eigenvalue weighted by atomic mass is 10.2. The van der Waals surface area contributed by atoms with Gasteiger partial charge in [0.2, 0.25) is 5.88 Å². The molecule has 1 aromatic heterocycles. The Balaban J connectivity index is 2.31. The van der Waals surface area contributed by atoms with Crippen LogP contribution in [0.1, 0.15) is 11.3 Å². The highest BCUT2D eigenvalue weighted by atomic mass is 79.9. The number of nitrogens with one attached hydrogen (secondary N) is 1. The first-order valence-electron chi connectivity index (χ1n) is 4.58. The first kappa shape index (κ1) is 10.7. The number of aryl methyl sites for hydroxylation is 1. The highest BCUT2D eigenvalue weighted by Crippen LogP contribution is 2.26. The van der Waals surface area contributed by atoms with Crippen LogP contribution >= 0.6 is 15.9 Å². The molecule has 16 heavy (non-hydrogen) atoms. The van der Waals surface area contributed by atoms with Gasteiger partial charge in [-0.15, -0.1) is 5.10 Å². The molecule has 80 valence electrons. The predicted molar refractivity (Wildman–Crippen MR) is 62.3 cm³/mol. The van der Waals surface area contributed by atoms with Crippen molar-refractivity contribution in [2.75, 3.05) is 0 Å². The van der Waals surface area contributed by atoms with Crippen molar-refractivity contribution >= 4 is 15.9 Å². The molecule has 0 radical (unpaired) electrons. The molecule has 2 rings (SSSR count). The second-order valence-electron chi connectivity index (χ2n) is 3.24. The van der Waals surface area contributed by atoms with Crippen LogP contribution in [0.15, 0.2) is 28.7 Å². The molecule has 0 saturated carbocycles. The number of nitrogens with zero attached hydrogens (tertiary/aromatic N) is 2. The summed E-state index contributed by atoms with van der Waals surface area (Å²) in [6, 6.07) is 9.08. The first-order valence-corrected chi connectivity index (χ1v) is 5.38. The van der Waals surface area contributed by atoms with E-state index in [1.807, 2.05) is 13.0 Å². The van der Waals surface area contributed by atoms with Crippen LogP contribution < -0.4 is 4.74 Å². The van der Waals surface area contributed by atoms with Crippen LogP contribution in [0.3, 0.4) is 0 Å². The van der Waals surface area contributed by atoms with Crippen LogP contribution in [0.4, 0.5) is 0 Å². The number of aromatic nitrogens is 2. The van der Waals surface area contributed by atoms with Crippen LogP contribution in [-0.4, -0.2) is 10.2 Å². The van der Waals surface area contributed by atoms with Crippen molar-refractivity contribution < 1.29 is 4.74 Å². The molecule has 1 heterocycles. The SMILES string of the molecule is Cc1cc(Oc2ccc(Br)cc2C#N)n[nH]1. The molecule has 0 amide bonds. The molecule has 1 N–H and O–H groups in total. The van der Waals surface area contributed by atoms with Crippen molar-refractivity contribution in [3.63, 3.8) is 0 Å². The Labute approximate surface area is 101 Å². The van der Waals surface area contributed by atoms with Crippen LogP contribution in [0.2, 0.25) is 0 Å². The maximum atomic E-state index is 8.95. The van der Waals surface area contributed by atoms with E-state index in [1.54, 1.807) is 18.2 Å². The smallest absolute Gasteiger partial charge is 0.238 e. The Morgan fingerprint density at radius 1 is 1.44 bits per heavy atom. The number of hydrogen-bond acceptors (Lipinski definition) is 3. The zero-order valence-electron chi connectivity index (χ0n) is 8.49. The third kappa shape index (κ3) is 2.23. The van der Waals surface area contributed by atoms with Crippen molar-refractivity contribution in [3.8, 4) is 17.7 Å². The van der Waals surface area contributed by atoms with E-state index in [2.05, 4.69) is 32.2 Å². The molecule has 4 nitrogen and oxygen atoms in total. The van der Waals surface area contributed by atoms with Crippen molar-refractivity contribution in [1.29, 1.82) is 5.26 Å². The minimum absolute atomic E-state index is 0.455. The lowest BCUT2D eigenvalue weighted by Crippen LogP contribution is -1.88. The largest absolute Gasteiger partial charge is 0.436 e. The van der Waals surface area contributed by atoms with Gasteiger partial charge >= 0.3 is 0 Å². The average molecular weight is 278 g/mol. The molecule has 5 heteroatoms. The summed E-state index contributed by atoms with van der Waals surface area (Å²) >= 11 is 3.30. The molecule has 0 saturated heterocycles. The minimum Gasteiger partial charge on any atom is -0.436 e. The van der Waals surface area contributed by atoms with E-state index in [9.17, 15) is 0 Å². The molecule has 0 atom stereocenters. The molecule has 0 bridgehead atoms. The predicted octanol–water partition coefficient (Wildman–Crippen LogP) is 3.14. The van der Waals surface area contributed by atoms with Gasteiger partial charge in [0, 0.05) is 16.2 Å². The first-order chi connectivity index (χ1) is 7.69. The van der Waals surface area contributed by atoms with Gasteiger partial charge in [0.15, 0.2) is 0 Å². The topological polar surface area (TPSA) is 61.7 Å². The molecular weight excluding hydrogens is 270 g/mol. The van der Waals surface area contributed by atoms with Crippen LogP contribution in [0, 0.1) is 18.3 Å². The molecule has 0 aliphatic carbocycles. The maximum Gasteiger partial charge on any atom is 0.238 e. The Hall–Kier alpha value is -1.80. The Morgan fingerprint density at radius 3 is 2.88 bits per heavy atom. The molecule has 0 fully saturated rings. The monoisotopic (exact) mass is 277 g/mol. The molecule has 0 aliphatic rings. The minimum atomic E-state index is 0.455. The quantitative estimate of drug-likeness (QED) is 0.917. The third-order valence-electron chi connectivity index (χ3n) is 1.96. The van der Waals surface area contributed by atoms with Crippen LogP contribution in [0.25, 0.3) is 0 Å². The van der Waals surface area contributed by atoms with E-state index in [0.29, 0.717) is 17.2 Å². The standard InChI is InChI=1S/C11H8BrN3O/c1-7-4-11(15-14-7)16-10-3-2-9(12)5-8(10)6-13/h2-5H,1H3,(H,14,15). The number of hydrogen-bond donors (Lipinski definition) is 1. The maximum absolute atomic E-state index is 8.95. The Bertz CT molecular complexity index is 557. The summed E-state index contributed by atoms with van der Waals surface area (Å²) in [5.41, 5.74) is 1.38. The number of nitriles is 1. The summed E-state index contributed by atoms with van der Waals surface area (Å²) in [4.78, 5) is 0. The lowest BCUT2D eigenvalue weighted by Gasteiger charge is -2.03. The number of H-pyrrole nitrogens is 1. The van der Waals surface area contributed by atoms with Gasteiger partial charge < -0.3 is 4.74 Å². The zero-order chi connectivity index (χ0) is 11.5. The fourth-order valence-electron chi connectivity index (χ4n) is 1.24. The summed E-state index contributed by atoms with van der Waals surface area (Å²) in [7, 11) is 0. The van der Waals surface area contributed by atoms with E-state index in [1.165, 1.54) is 0 Å². The van der Waals surface area contributed by atoms with Gasteiger partial charge in [-0.25, -0.2) is 0 Å². The fraction of sp³-hybridized carbons (Fsp3) is 0.0909. The molecule has 1 aromatic carbocycles. The number of benzene rings is 1. The van der Waals surface area contributed by atoms with E-state index in [0.717, 1.165) is 10.2 Å². The van der Waals surface area contributed by atoms with Gasteiger partial charge in [-0.3, -0.25) is 5.10 Å². The van der Waals surface area contributed by atoms with Crippen molar-refractivity contribution in [3.05, 3.63) is 40.0 Å². The van der Waals surface area contributed by atoms with Crippen LogP contribution in [-0.2, 0) is 0 Å². The van der Waals surface area contributed by atoms with Gasteiger partial charge in [0.25, 0.3) is 0 Å². The van der Waals surface area contributed by atoms with Gasteiger partial charge in [-0.05, 0) is 25.1 Å². The molecule has 0 unspecified atom stereocenters. The second-order valence-corrected chi connectivity index (χ2v) is 4.16. The zero-order valence-corrected chi connectivity index (χ0v) is 10.1. The number of halogens is 1. The summed E-state index contributed by atoms with van der Waals surface area (Å²) in [6.45, 7) is 1.88. The van der Waals surface area contributed by atoms with Gasteiger partial charge in [0.05, 0.1) is 5.56 Å². The average Bonchev–Trinajstić information content (AvgIpc) is 2.67. The molecule has 0 aliphatic heterocycles. The van der Waals surface area contributed by atoms with Gasteiger partial charge in [-0.2, -0.15) is 5.26 Å². The van der Waals surface area contributed by atoms with E-state index in [4.69, 9.17) is 10.00 Å². The molecule has 0 spiro atoms. The Morgan fingerprint density at radius 2 is 2.25 bits per heavy atom. The van der Waals surface area contributed by atoms with Crippen molar-refractivity contribution in [1.82, 2.24) is 10.2 Å². The summed E-state index contributed by atoms with van der Waals surface area (Å²) < 4.78 is 6.33. The lowest BCUT2D eigenvalue weighted by molar-refractivity contribution is 0.460. The summed E-state index contributed by atoms with van der Waals surface area (Å²) in [6.07, 6.45) is 0. The highest BCUT2D eigenvalue weighted by molar-refractivity contribution is 9.10. The number of aromatic amines is 1. The van der Waals surface area contributed by atoms with Crippen LogP contribution in [0.5, 0.6) is 11.6 Å². The van der Waals surface area contributed by atoms with Gasteiger partial charge in [0.1, 0.15) is 11.8 Å². The second kappa shape index (κ2) is 4.37. The fourth-order valence-corrected chi connectivity index (χ4v) is 1.60. The summed E-state index contributed by atoms with van der Waals surface area (Å²) in [5.74, 6) is 0.952. The van der Waals surface area contributed by atoms with E-state index in [-0.39, 0.29) is 0 Å². The Kier molecular flexibility index (Phi) is 2.93. The summed E-state index contributed by atoms with van der Waals surface area (Å²) in [5, 5.41) is 15.7. The van der Waals surface area contributed by atoms with Gasteiger partial charge in [-0.1, -0.05) is 15.9 Å². The number of rotatable bonds is 2. The highest BCUT2D eigenvalue weighted by Gasteiger charge is 2.07. The van der Waals surface area contributed by atoms with E-state index >= 15 is 0 Å². The molecule has 2 aromatic rings. The van der Waals surface area contributed by atoms with Crippen molar-refractivity contribution in [2.24, 2.45) is 0 Å². The third-order valence-corrected chi connectivity index (χ3v) is 2.45.